The molecule has 0 saturated heterocycles. The highest BCUT2D eigenvalue weighted by Gasteiger charge is 2.26. The van der Waals surface area contributed by atoms with Gasteiger partial charge in [-0.25, -0.2) is 0 Å². The van der Waals surface area contributed by atoms with Crippen molar-refractivity contribution in [1.29, 1.82) is 0 Å². The first-order valence-corrected chi connectivity index (χ1v) is 7.24. The van der Waals surface area contributed by atoms with Crippen LogP contribution in [0.2, 0.25) is 0 Å². The number of fused-ring (bicyclic) bond motifs is 1. The molecule has 0 spiro atoms. The molecule has 0 amide bonds. The molecule has 0 saturated carbocycles. The molecule has 3 nitrogen and oxygen atoms in total. The summed E-state index contributed by atoms with van der Waals surface area (Å²) in [5, 5.41) is 0. The van der Waals surface area contributed by atoms with Crippen molar-refractivity contribution in [2.75, 3.05) is 13.7 Å². The van der Waals surface area contributed by atoms with E-state index in [-0.39, 0.29) is 18.2 Å². The number of hydrogen-bond acceptors (Lipinski definition) is 3. The molecule has 1 aliphatic rings. The average Bonchev–Trinajstić information content (AvgIpc) is 2.45. The van der Waals surface area contributed by atoms with Crippen LogP contribution in [0.5, 0.6) is 0 Å². The molecule has 3 heteroatoms. The summed E-state index contributed by atoms with van der Waals surface area (Å²) in [5.41, 5.74) is 9.00. The van der Waals surface area contributed by atoms with Crippen molar-refractivity contribution < 1.29 is 9.47 Å². The molecule has 1 aromatic carbocycles. The van der Waals surface area contributed by atoms with Crippen molar-refractivity contribution >= 4 is 0 Å². The summed E-state index contributed by atoms with van der Waals surface area (Å²) in [6, 6.07) is 8.55. The van der Waals surface area contributed by atoms with Gasteiger partial charge in [-0.3, -0.25) is 0 Å². The first-order chi connectivity index (χ1) is 9.26. The number of ether oxygens (including phenoxy) is 2. The number of hydrogen-bond donors (Lipinski definition) is 1. The molecule has 1 aliphatic heterocycles. The van der Waals surface area contributed by atoms with Crippen LogP contribution in [0.3, 0.4) is 0 Å². The Labute approximate surface area is 116 Å². The highest BCUT2D eigenvalue weighted by Crippen LogP contribution is 2.31. The summed E-state index contributed by atoms with van der Waals surface area (Å²) in [4.78, 5) is 0. The van der Waals surface area contributed by atoms with E-state index in [4.69, 9.17) is 15.2 Å². The molecule has 1 heterocycles. The minimum Gasteiger partial charge on any atom is -0.380 e. The largest absolute Gasteiger partial charge is 0.380 e. The topological polar surface area (TPSA) is 44.5 Å². The van der Waals surface area contributed by atoms with Gasteiger partial charge in [0.05, 0.1) is 18.8 Å². The van der Waals surface area contributed by atoms with Crippen LogP contribution in [0.4, 0.5) is 0 Å². The molecule has 106 valence electrons. The molecule has 0 radical (unpaired) electrons. The first kappa shape index (κ1) is 14.5. The van der Waals surface area contributed by atoms with Gasteiger partial charge in [0.15, 0.2) is 0 Å². The molecular weight excluding hydrogens is 238 g/mol. The zero-order valence-corrected chi connectivity index (χ0v) is 12.0. The van der Waals surface area contributed by atoms with Gasteiger partial charge < -0.3 is 15.2 Å². The van der Waals surface area contributed by atoms with Crippen molar-refractivity contribution in [3.63, 3.8) is 0 Å². The second-order valence-corrected chi connectivity index (χ2v) is 5.27. The van der Waals surface area contributed by atoms with Crippen LogP contribution >= 0.6 is 0 Å². The van der Waals surface area contributed by atoms with Crippen molar-refractivity contribution in [2.24, 2.45) is 5.73 Å². The lowest BCUT2D eigenvalue weighted by atomic mass is 9.91. The van der Waals surface area contributed by atoms with E-state index in [2.05, 4.69) is 31.2 Å². The zero-order chi connectivity index (χ0) is 13.7. The number of benzene rings is 1. The normalized spacial score (nSPS) is 21.7. The first-order valence-electron chi connectivity index (χ1n) is 7.24. The molecule has 1 aromatic rings. The lowest BCUT2D eigenvalue weighted by Gasteiger charge is -2.30. The van der Waals surface area contributed by atoms with E-state index in [9.17, 15) is 0 Å². The minimum absolute atomic E-state index is 0.0288. The van der Waals surface area contributed by atoms with E-state index >= 15 is 0 Å². The van der Waals surface area contributed by atoms with Crippen LogP contribution in [0.1, 0.15) is 43.4 Å². The Balaban J connectivity index is 2.03. The zero-order valence-electron chi connectivity index (χ0n) is 12.0. The standard InChI is InChI=1S/C16H25NO2/c1-3-6-15(18-2)14(17)11-16-13-8-5-4-7-12(13)9-10-19-16/h4-5,7-8,14-16H,3,6,9-11,17H2,1-2H3. The van der Waals surface area contributed by atoms with Crippen molar-refractivity contribution in [1.82, 2.24) is 0 Å². The fourth-order valence-electron chi connectivity index (χ4n) is 2.86. The summed E-state index contributed by atoms with van der Waals surface area (Å²) >= 11 is 0. The van der Waals surface area contributed by atoms with Crippen molar-refractivity contribution in [3.05, 3.63) is 35.4 Å². The summed E-state index contributed by atoms with van der Waals surface area (Å²) in [5.74, 6) is 0. The Hall–Kier alpha value is -0.900. The Bertz CT molecular complexity index is 394. The van der Waals surface area contributed by atoms with E-state index in [0.29, 0.717) is 0 Å². The quantitative estimate of drug-likeness (QED) is 0.858. The maximum Gasteiger partial charge on any atom is 0.0843 e. The lowest BCUT2D eigenvalue weighted by Crippen LogP contribution is -2.38. The Morgan fingerprint density at radius 3 is 2.95 bits per heavy atom. The molecule has 19 heavy (non-hydrogen) atoms. The van der Waals surface area contributed by atoms with Gasteiger partial charge in [0.1, 0.15) is 0 Å². The third kappa shape index (κ3) is 3.56. The summed E-state index contributed by atoms with van der Waals surface area (Å²) in [6.45, 7) is 2.95. The van der Waals surface area contributed by atoms with E-state index in [0.717, 1.165) is 32.3 Å². The SMILES string of the molecule is CCCC(OC)C(N)CC1OCCc2ccccc21. The third-order valence-electron chi connectivity index (χ3n) is 3.93. The number of methoxy groups -OCH3 is 1. The van der Waals surface area contributed by atoms with Crippen LogP contribution in [-0.4, -0.2) is 25.9 Å². The van der Waals surface area contributed by atoms with Crippen LogP contribution in [0.25, 0.3) is 0 Å². The van der Waals surface area contributed by atoms with Crippen LogP contribution in [-0.2, 0) is 15.9 Å². The molecule has 0 bridgehead atoms. The van der Waals surface area contributed by atoms with E-state index in [1.165, 1.54) is 11.1 Å². The van der Waals surface area contributed by atoms with Gasteiger partial charge in [-0.05, 0) is 30.4 Å². The molecule has 3 atom stereocenters. The Morgan fingerprint density at radius 1 is 1.42 bits per heavy atom. The number of nitrogens with two attached hydrogens (primary N) is 1. The average molecular weight is 263 g/mol. The Kier molecular flexibility index (Phi) is 5.37. The Morgan fingerprint density at radius 2 is 2.21 bits per heavy atom. The second-order valence-electron chi connectivity index (χ2n) is 5.27. The highest BCUT2D eigenvalue weighted by atomic mass is 16.5. The molecule has 2 rings (SSSR count). The molecule has 0 aromatic heterocycles. The van der Waals surface area contributed by atoms with Gasteiger partial charge in [0.25, 0.3) is 0 Å². The minimum atomic E-state index is 0.0288. The fourth-order valence-corrected chi connectivity index (χ4v) is 2.86. The van der Waals surface area contributed by atoms with Gasteiger partial charge in [0, 0.05) is 13.2 Å². The second kappa shape index (κ2) is 7.04. The van der Waals surface area contributed by atoms with E-state index in [1.54, 1.807) is 7.11 Å². The maximum atomic E-state index is 6.30. The fraction of sp³-hybridized carbons (Fsp3) is 0.625. The smallest absolute Gasteiger partial charge is 0.0843 e. The van der Waals surface area contributed by atoms with E-state index < -0.39 is 0 Å². The molecular formula is C16H25NO2. The predicted molar refractivity (Wildman–Crippen MR) is 77.1 cm³/mol. The van der Waals surface area contributed by atoms with Crippen LogP contribution in [0.15, 0.2) is 24.3 Å². The van der Waals surface area contributed by atoms with Crippen molar-refractivity contribution in [2.45, 2.75) is 50.9 Å². The third-order valence-corrected chi connectivity index (χ3v) is 3.93. The summed E-state index contributed by atoms with van der Waals surface area (Å²) < 4.78 is 11.4. The van der Waals surface area contributed by atoms with Gasteiger partial charge in [-0.1, -0.05) is 37.6 Å². The summed E-state index contributed by atoms with van der Waals surface area (Å²) in [7, 11) is 1.75. The molecule has 2 N–H and O–H groups in total. The van der Waals surface area contributed by atoms with E-state index in [1.807, 2.05) is 0 Å². The summed E-state index contributed by atoms with van der Waals surface area (Å²) in [6.07, 6.45) is 4.18. The highest BCUT2D eigenvalue weighted by molar-refractivity contribution is 5.31. The molecule has 0 fully saturated rings. The van der Waals surface area contributed by atoms with Crippen LogP contribution in [0, 0.1) is 0 Å². The van der Waals surface area contributed by atoms with Crippen molar-refractivity contribution in [3.8, 4) is 0 Å². The molecule has 3 unspecified atom stereocenters. The predicted octanol–water partition coefficient (Wildman–Crippen LogP) is 2.83. The monoisotopic (exact) mass is 263 g/mol. The lowest BCUT2D eigenvalue weighted by molar-refractivity contribution is 0.00690. The van der Waals surface area contributed by atoms with Crippen LogP contribution < -0.4 is 5.73 Å². The maximum absolute atomic E-state index is 6.30. The van der Waals surface area contributed by atoms with Gasteiger partial charge in [-0.15, -0.1) is 0 Å². The molecule has 0 aliphatic carbocycles. The van der Waals surface area contributed by atoms with Gasteiger partial charge in [-0.2, -0.15) is 0 Å². The van der Waals surface area contributed by atoms with Gasteiger partial charge in [0.2, 0.25) is 0 Å². The number of rotatable bonds is 6. The van der Waals surface area contributed by atoms with Gasteiger partial charge >= 0.3 is 0 Å².